The molecule has 1 aliphatic rings. The minimum absolute atomic E-state index is 0.0957. The number of carbonyl (C=O) groups is 2. The van der Waals surface area contributed by atoms with Gasteiger partial charge in [-0.05, 0) is 62.6 Å². The molecule has 2 unspecified atom stereocenters. The first-order valence-electron chi connectivity index (χ1n) is 10.8. The largest absolute Gasteiger partial charge is 0.489 e. The van der Waals surface area contributed by atoms with Crippen molar-refractivity contribution in [3.63, 3.8) is 0 Å². The maximum atomic E-state index is 12.4. The Kier molecular flexibility index (Phi) is 8.29. The van der Waals surface area contributed by atoms with Gasteiger partial charge in [0.2, 0.25) is 5.91 Å². The number of anilines is 2. The molecule has 1 heterocycles. The zero-order valence-electron chi connectivity index (χ0n) is 18.1. The predicted octanol–water partition coefficient (Wildman–Crippen LogP) is 3.82. The van der Waals surface area contributed by atoms with Gasteiger partial charge in [-0.15, -0.1) is 0 Å². The molecular weight excluding hydrogens is 394 g/mol. The lowest BCUT2D eigenvalue weighted by atomic mass is 10.1. The van der Waals surface area contributed by atoms with Crippen molar-refractivity contribution in [2.75, 3.05) is 30.4 Å². The van der Waals surface area contributed by atoms with Gasteiger partial charge in [0.25, 0.3) is 5.91 Å². The maximum absolute atomic E-state index is 12.4. The Balaban J connectivity index is 1.48. The van der Waals surface area contributed by atoms with Gasteiger partial charge in [0, 0.05) is 23.9 Å². The van der Waals surface area contributed by atoms with Crippen LogP contribution in [0.2, 0.25) is 0 Å². The highest BCUT2D eigenvalue weighted by Gasteiger charge is 2.17. The lowest BCUT2D eigenvalue weighted by Crippen LogP contribution is -2.31. The van der Waals surface area contributed by atoms with Crippen LogP contribution in [-0.2, 0) is 9.53 Å². The molecule has 0 aromatic heterocycles. The van der Waals surface area contributed by atoms with Crippen molar-refractivity contribution in [2.45, 2.75) is 45.3 Å². The monoisotopic (exact) mass is 425 g/mol. The van der Waals surface area contributed by atoms with E-state index in [-0.39, 0.29) is 30.5 Å². The molecule has 2 aromatic rings. The summed E-state index contributed by atoms with van der Waals surface area (Å²) in [5.41, 5.74) is 1.98. The SMILES string of the molecule is CCC(C)NC(=O)c1ccc(NCC(=O)Nc2ccccc2OCC2CCCO2)cc1. The van der Waals surface area contributed by atoms with Crippen molar-refractivity contribution >= 4 is 23.2 Å². The molecule has 0 bridgehead atoms. The fourth-order valence-corrected chi connectivity index (χ4v) is 3.18. The normalized spacial score (nSPS) is 16.4. The number of ether oxygens (including phenoxy) is 2. The van der Waals surface area contributed by atoms with Gasteiger partial charge in [-0.3, -0.25) is 9.59 Å². The molecule has 7 nitrogen and oxygen atoms in total. The van der Waals surface area contributed by atoms with Gasteiger partial charge in [-0.2, -0.15) is 0 Å². The van der Waals surface area contributed by atoms with Gasteiger partial charge in [0.15, 0.2) is 0 Å². The Hall–Kier alpha value is -3.06. The zero-order valence-corrected chi connectivity index (χ0v) is 18.1. The molecule has 1 saturated heterocycles. The van der Waals surface area contributed by atoms with Crippen LogP contribution in [0.3, 0.4) is 0 Å². The Morgan fingerprint density at radius 3 is 2.65 bits per heavy atom. The second-order valence-corrected chi connectivity index (χ2v) is 7.70. The molecule has 1 aliphatic heterocycles. The molecule has 3 N–H and O–H groups in total. The average Bonchev–Trinajstić information content (AvgIpc) is 3.31. The van der Waals surface area contributed by atoms with Crippen molar-refractivity contribution in [1.29, 1.82) is 0 Å². The predicted molar refractivity (Wildman–Crippen MR) is 122 cm³/mol. The molecule has 2 aromatic carbocycles. The summed E-state index contributed by atoms with van der Waals surface area (Å²) in [5, 5.41) is 8.89. The Bertz CT molecular complexity index is 863. The number of hydrogen-bond donors (Lipinski definition) is 3. The summed E-state index contributed by atoms with van der Waals surface area (Å²) in [6.07, 6.45) is 3.04. The van der Waals surface area contributed by atoms with Gasteiger partial charge in [-0.1, -0.05) is 19.1 Å². The third-order valence-electron chi connectivity index (χ3n) is 5.20. The van der Waals surface area contributed by atoms with E-state index in [4.69, 9.17) is 9.47 Å². The van der Waals surface area contributed by atoms with E-state index in [2.05, 4.69) is 16.0 Å². The number of nitrogens with one attached hydrogen (secondary N) is 3. The van der Waals surface area contributed by atoms with E-state index in [9.17, 15) is 9.59 Å². The fraction of sp³-hybridized carbons (Fsp3) is 0.417. The highest BCUT2D eigenvalue weighted by molar-refractivity contribution is 5.96. The first kappa shape index (κ1) is 22.6. The quantitative estimate of drug-likeness (QED) is 0.539. The minimum atomic E-state index is -0.188. The molecule has 166 valence electrons. The smallest absolute Gasteiger partial charge is 0.251 e. The molecule has 0 aliphatic carbocycles. The van der Waals surface area contributed by atoms with Crippen LogP contribution in [0.4, 0.5) is 11.4 Å². The van der Waals surface area contributed by atoms with Gasteiger partial charge >= 0.3 is 0 Å². The topological polar surface area (TPSA) is 88.7 Å². The van der Waals surface area contributed by atoms with Gasteiger partial charge < -0.3 is 25.4 Å². The van der Waals surface area contributed by atoms with E-state index < -0.39 is 0 Å². The van der Waals surface area contributed by atoms with Crippen LogP contribution in [0.15, 0.2) is 48.5 Å². The molecule has 31 heavy (non-hydrogen) atoms. The van der Waals surface area contributed by atoms with Gasteiger partial charge in [-0.25, -0.2) is 0 Å². The average molecular weight is 426 g/mol. The van der Waals surface area contributed by atoms with Gasteiger partial charge in [0.05, 0.1) is 18.3 Å². The van der Waals surface area contributed by atoms with Crippen molar-refractivity contribution in [1.82, 2.24) is 5.32 Å². The second-order valence-electron chi connectivity index (χ2n) is 7.70. The fourth-order valence-electron chi connectivity index (χ4n) is 3.18. The zero-order chi connectivity index (χ0) is 22.1. The summed E-state index contributed by atoms with van der Waals surface area (Å²) in [6, 6.07) is 14.6. The molecule has 1 fully saturated rings. The van der Waals surface area contributed by atoms with Crippen LogP contribution < -0.4 is 20.7 Å². The number of amides is 2. The Morgan fingerprint density at radius 1 is 1.16 bits per heavy atom. The summed E-state index contributed by atoms with van der Waals surface area (Å²) < 4.78 is 11.4. The summed E-state index contributed by atoms with van der Waals surface area (Å²) in [4.78, 5) is 24.6. The highest BCUT2D eigenvalue weighted by Crippen LogP contribution is 2.25. The first-order chi connectivity index (χ1) is 15.0. The number of rotatable bonds is 10. The molecule has 2 amide bonds. The molecule has 2 atom stereocenters. The Morgan fingerprint density at radius 2 is 1.94 bits per heavy atom. The Labute approximate surface area is 183 Å². The standard InChI is InChI=1S/C24H31N3O4/c1-3-17(2)26-24(29)18-10-12-19(13-11-18)25-15-23(28)27-21-8-4-5-9-22(21)31-16-20-7-6-14-30-20/h4-5,8-13,17,20,25H,3,6-7,14-16H2,1-2H3,(H,26,29)(H,27,28). The van der Waals surface area contributed by atoms with Crippen molar-refractivity contribution in [2.24, 2.45) is 0 Å². The van der Waals surface area contributed by atoms with E-state index in [1.807, 2.05) is 38.1 Å². The van der Waals surface area contributed by atoms with E-state index in [0.29, 0.717) is 23.6 Å². The summed E-state index contributed by atoms with van der Waals surface area (Å²) in [7, 11) is 0. The molecule has 3 rings (SSSR count). The number of benzene rings is 2. The van der Waals surface area contributed by atoms with Crippen LogP contribution >= 0.6 is 0 Å². The number of carbonyl (C=O) groups excluding carboxylic acids is 2. The van der Waals surface area contributed by atoms with Gasteiger partial charge in [0.1, 0.15) is 12.4 Å². The maximum Gasteiger partial charge on any atom is 0.251 e. The van der Waals surface area contributed by atoms with Crippen LogP contribution in [-0.4, -0.2) is 43.7 Å². The van der Waals surface area contributed by atoms with Crippen molar-refractivity contribution in [3.05, 3.63) is 54.1 Å². The number of hydrogen-bond acceptors (Lipinski definition) is 5. The first-order valence-corrected chi connectivity index (χ1v) is 10.8. The summed E-state index contributed by atoms with van der Waals surface area (Å²) in [5.74, 6) is 0.341. The number of para-hydroxylation sites is 2. The molecule has 0 spiro atoms. The molecule has 0 radical (unpaired) electrons. The van der Waals surface area contributed by atoms with Crippen LogP contribution in [0.25, 0.3) is 0 Å². The van der Waals surface area contributed by atoms with E-state index >= 15 is 0 Å². The molecular formula is C24H31N3O4. The highest BCUT2D eigenvalue weighted by atomic mass is 16.5. The lowest BCUT2D eigenvalue weighted by molar-refractivity contribution is -0.114. The third kappa shape index (κ3) is 7.00. The summed E-state index contributed by atoms with van der Waals surface area (Å²) in [6.45, 7) is 5.35. The molecule has 7 heteroatoms. The minimum Gasteiger partial charge on any atom is -0.489 e. The summed E-state index contributed by atoms with van der Waals surface area (Å²) >= 11 is 0. The van der Waals surface area contributed by atoms with Crippen LogP contribution in [0.5, 0.6) is 5.75 Å². The lowest BCUT2D eigenvalue weighted by Gasteiger charge is -2.15. The van der Waals surface area contributed by atoms with Crippen LogP contribution in [0, 0.1) is 0 Å². The van der Waals surface area contributed by atoms with Crippen LogP contribution in [0.1, 0.15) is 43.5 Å². The van der Waals surface area contributed by atoms with E-state index in [0.717, 1.165) is 31.6 Å². The second kappa shape index (κ2) is 11.4. The van der Waals surface area contributed by atoms with E-state index in [1.54, 1.807) is 24.3 Å². The molecule has 0 saturated carbocycles. The third-order valence-corrected chi connectivity index (χ3v) is 5.20. The van der Waals surface area contributed by atoms with Crippen molar-refractivity contribution < 1.29 is 19.1 Å². The van der Waals surface area contributed by atoms with E-state index in [1.165, 1.54) is 0 Å². The van der Waals surface area contributed by atoms with Crippen molar-refractivity contribution in [3.8, 4) is 5.75 Å².